The molecule has 3 nitrogen and oxygen atoms in total. The first kappa shape index (κ1) is 22.2. The number of rotatable bonds is 9. The topological polar surface area (TPSA) is 27.7 Å². The van der Waals surface area contributed by atoms with Crippen LogP contribution in [-0.4, -0.2) is 13.2 Å². The smallest absolute Gasteiger partial charge is 0.387 e. The summed E-state index contributed by atoms with van der Waals surface area (Å²) in [5, 5.41) is 0. The van der Waals surface area contributed by atoms with Crippen molar-refractivity contribution in [2.45, 2.75) is 32.5 Å². The molecule has 3 aromatic carbocycles. The van der Waals surface area contributed by atoms with E-state index in [0.717, 1.165) is 27.1 Å². The number of ether oxygens (including phenoxy) is 3. The molecule has 0 N–H and O–H groups in total. The van der Waals surface area contributed by atoms with Crippen LogP contribution in [-0.2, 0) is 16.8 Å². The standard InChI is InChI=1S/C24H23BrF2O3/c1-24(2,18-6-10-21(11-7-18)30-23(26)27)16-28-15-17-4-3-5-22(14-17)29-20-12-8-19(25)9-13-20/h3-14,23H,15-16H2,1-2H3. The summed E-state index contributed by atoms with van der Waals surface area (Å²) < 4.78 is 41.8. The lowest BCUT2D eigenvalue weighted by molar-refractivity contribution is -0.0498. The minimum atomic E-state index is -2.82. The van der Waals surface area contributed by atoms with Gasteiger partial charge in [0.1, 0.15) is 17.2 Å². The minimum absolute atomic E-state index is 0.146. The van der Waals surface area contributed by atoms with Gasteiger partial charge in [-0.25, -0.2) is 0 Å². The first-order valence-corrected chi connectivity index (χ1v) is 10.3. The average Bonchev–Trinajstić information content (AvgIpc) is 2.70. The lowest BCUT2D eigenvalue weighted by Gasteiger charge is -2.25. The molecule has 0 bridgehead atoms. The minimum Gasteiger partial charge on any atom is -0.457 e. The fraction of sp³-hybridized carbons (Fsp3) is 0.250. The summed E-state index contributed by atoms with van der Waals surface area (Å²) >= 11 is 3.41. The lowest BCUT2D eigenvalue weighted by atomic mass is 9.85. The molecule has 0 unspecified atom stereocenters. The number of hydrogen-bond donors (Lipinski definition) is 0. The van der Waals surface area contributed by atoms with Crippen LogP contribution in [0.15, 0.2) is 77.3 Å². The van der Waals surface area contributed by atoms with E-state index in [9.17, 15) is 8.78 Å². The van der Waals surface area contributed by atoms with Crippen molar-refractivity contribution in [3.63, 3.8) is 0 Å². The van der Waals surface area contributed by atoms with Gasteiger partial charge in [0.25, 0.3) is 0 Å². The zero-order valence-electron chi connectivity index (χ0n) is 16.8. The van der Waals surface area contributed by atoms with Crippen LogP contribution in [0.4, 0.5) is 8.78 Å². The number of alkyl halides is 2. The summed E-state index contributed by atoms with van der Waals surface area (Å²) in [7, 11) is 0. The summed E-state index contributed by atoms with van der Waals surface area (Å²) in [5.74, 6) is 1.65. The molecule has 158 valence electrons. The largest absolute Gasteiger partial charge is 0.457 e. The van der Waals surface area contributed by atoms with Gasteiger partial charge in [0.15, 0.2) is 0 Å². The van der Waals surface area contributed by atoms with Gasteiger partial charge in [-0.15, -0.1) is 0 Å². The molecule has 0 fully saturated rings. The Kier molecular flexibility index (Phi) is 7.45. The molecule has 0 spiro atoms. The molecule has 0 saturated carbocycles. The Labute approximate surface area is 183 Å². The monoisotopic (exact) mass is 476 g/mol. The molecule has 0 amide bonds. The van der Waals surface area contributed by atoms with Gasteiger partial charge < -0.3 is 14.2 Å². The van der Waals surface area contributed by atoms with Crippen LogP contribution in [0, 0.1) is 0 Å². The van der Waals surface area contributed by atoms with Crippen molar-refractivity contribution in [1.82, 2.24) is 0 Å². The Balaban J connectivity index is 1.55. The van der Waals surface area contributed by atoms with Crippen molar-refractivity contribution in [2.24, 2.45) is 0 Å². The van der Waals surface area contributed by atoms with Gasteiger partial charge in [0.05, 0.1) is 13.2 Å². The van der Waals surface area contributed by atoms with Crippen molar-refractivity contribution < 1.29 is 23.0 Å². The van der Waals surface area contributed by atoms with E-state index in [1.54, 1.807) is 24.3 Å². The van der Waals surface area contributed by atoms with Crippen molar-refractivity contribution in [1.29, 1.82) is 0 Å². The van der Waals surface area contributed by atoms with Gasteiger partial charge in [0, 0.05) is 9.89 Å². The Bertz CT molecular complexity index is 941. The van der Waals surface area contributed by atoms with Crippen LogP contribution in [0.5, 0.6) is 17.2 Å². The van der Waals surface area contributed by atoms with Crippen LogP contribution in [0.3, 0.4) is 0 Å². The molecular formula is C24H23BrF2O3. The number of hydrogen-bond acceptors (Lipinski definition) is 3. The maximum Gasteiger partial charge on any atom is 0.387 e. The number of halogens is 3. The van der Waals surface area contributed by atoms with Crippen LogP contribution in [0.1, 0.15) is 25.0 Å². The van der Waals surface area contributed by atoms with Crippen LogP contribution >= 0.6 is 15.9 Å². The van der Waals surface area contributed by atoms with Gasteiger partial charge in [0.2, 0.25) is 0 Å². The summed E-state index contributed by atoms with van der Waals surface area (Å²) in [6, 6.07) is 22.1. The molecule has 3 rings (SSSR count). The maximum absolute atomic E-state index is 12.3. The molecule has 0 aliphatic carbocycles. The normalized spacial score (nSPS) is 11.5. The van der Waals surface area contributed by atoms with Crippen molar-refractivity contribution in [3.8, 4) is 17.2 Å². The highest BCUT2D eigenvalue weighted by molar-refractivity contribution is 9.10. The van der Waals surface area contributed by atoms with E-state index in [2.05, 4.69) is 20.7 Å². The second-order valence-electron chi connectivity index (χ2n) is 7.48. The SMILES string of the molecule is CC(C)(COCc1cccc(Oc2ccc(Br)cc2)c1)c1ccc(OC(F)F)cc1. The molecule has 0 radical (unpaired) electrons. The molecule has 0 heterocycles. The Hall–Kier alpha value is -2.44. The number of benzene rings is 3. The van der Waals surface area contributed by atoms with Crippen LogP contribution < -0.4 is 9.47 Å². The molecule has 0 aliphatic rings. The van der Waals surface area contributed by atoms with Gasteiger partial charge >= 0.3 is 6.61 Å². The van der Waals surface area contributed by atoms with Crippen LogP contribution in [0.2, 0.25) is 0 Å². The first-order valence-electron chi connectivity index (χ1n) is 9.47. The summed E-state index contributed by atoms with van der Waals surface area (Å²) in [6.45, 7) is 2.18. The van der Waals surface area contributed by atoms with Gasteiger partial charge in [-0.1, -0.05) is 54.0 Å². The summed E-state index contributed by atoms with van der Waals surface area (Å²) in [4.78, 5) is 0. The average molecular weight is 477 g/mol. The van der Waals surface area contributed by atoms with E-state index < -0.39 is 6.61 Å². The van der Waals surface area contributed by atoms with E-state index in [-0.39, 0.29) is 11.2 Å². The van der Waals surface area contributed by atoms with Gasteiger partial charge in [-0.05, 0) is 59.7 Å². The highest BCUT2D eigenvalue weighted by Crippen LogP contribution is 2.27. The predicted octanol–water partition coefficient (Wildman–Crippen LogP) is 7.34. The fourth-order valence-electron chi connectivity index (χ4n) is 2.93. The van der Waals surface area contributed by atoms with Crippen LogP contribution in [0.25, 0.3) is 0 Å². The summed E-state index contributed by atoms with van der Waals surface area (Å²) in [5.41, 5.74) is 1.70. The van der Waals surface area contributed by atoms with E-state index in [1.807, 2.05) is 62.4 Å². The van der Waals surface area contributed by atoms with E-state index in [1.165, 1.54) is 0 Å². The van der Waals surface area contributed by atoms with Gasteiger partial charge in [-0.3, -0.25) is 0 Å². The lowest BCUT2D eigenvalue weighted by Crippen LogP contribution is -2.24. The third-order valence-corrected chi connectivity index (χ3v) is 5.07. The molecule has 0 saturated heterocycles. The van der Waals surface area contributed by atoms with Crippen molar-refractivity contribution in [2.75, 3.05) is 6.61 Å². The van der Waals surface area contributed by atoms with Crippen molar-refractivity contribution >= 4 is 15.9 Å². The Morgan fingerprint density at radius 2 is 1.53 bits per heavy atom. The molecule has 0 aliphatic heterocycles. The third-order valence-electron chi connectivity index (χ3n) is 4.54. The van der Waals surface area contributed by atoms with Crippen molar-refractivity contribution in [3.05, 3.63) is 88.4 Å². The zero-order chi connectivity index (χ0) is 21.6. The predicted molar refractivity (Wildman–Crippen MR) is 116 cm³/mol. The second-order valence-corrected chi connectivity index (χ2v) is 8.40. The zero-order valence-corrected chi connectivity index (χ0v) is 18.4. The third kappa shape index (κ3) is 6.54. The maximum atomic E-state index is 12.3. The Morgan fingerprint density at radius 1 is 0.867 bits per heavy atom. The molecule has 0 atom stereocenters. The van der Waals surface area contributed by atoms with Gasteiger partial charge in [-0.2, -0.15) is 8.78 Å². The second kappa shape index (κ2) is 10.0. The fourth-order valence-corrected chi connectivity index (χ4v) is 3.20. The molecule has 0 aromatic heterocycles. The molecule has 6 heteroatoms. The molecule has 30 heavy (non-hydrogen) atoms. The molecule has 3 aromatic rings. The van der Waals surface area contributed by atoms with E-state index >= 15 is 0 Å². The summed E-state index contributed by atoms with van der Waals surface area (Å²) in [6.07, 6.45) is 0. The highest BCUT2D eigenvalue weighted by Gasteiger charge is 2.21. The Morgan fingerprint density at radius 3 is 2.20 bits per heavy atom. The van der Waals surface area contributed by atoms with E-state index in [0.29, 0.717) is 13.2 Å². The van der Waals surface area contributed by atoms with E-state index in [4.69, 9.17) is 9.47 Å². The first-order chi connectivity index (χ1) is 14.3. The molecular weight excluding hydrogens is 454 g/mol. The quantitative estimate of drug-likeness (QED) is 0.323. The highest BCUT2D eigenvalue weighted by atomic mass is 79.9.